The Hall–Kier alpha value is -3.35. The van der Waals surface area contributed by atoms with Crippen LogP contribution < -0.4 is 21.3 Å². The molecule has 0 aliphatic rings. The molecule has 0 bridgehead atoms. The number of benzene rings is 2. The van der Waals surface area contributed by atoms with Crippen molar-refractivity contribution in [3.8, 4) is 0 Å². The maximum atomic E-state index is 12.2. The van der Waals surface area contributed by atoms with Crippen molar-refractivity contribution in [2.45, 2.75) is 46.6 Å². The van der Waals surface area contributed by atoms with Gasteiger partial charge in [0.25, 0.3) is 5.91 Å². The van der Waals surface area contributed by atoms with Crippen molar-refractivity contribution < 1.29 is 14.4 Å². The number of carbonyl (C=O) groups is 3. The third-order valence-electron chi connectivity index (χ3n) is 4.13. The molecule has 0 aromatic heterocycles. The molecule has 0 fully saturated rings. The lowest BCUT2D eigenvalue weighted by Gasteiger charge is -2.20. The van der Waals surface area contributed by atoms with Crippen LogP contribution in [0.1, 0.15) is 51.4 Å². The lowest BCUT2D eigenvalue weighted by atomic mass is 10.1. The van der Waals surface area contributed by atoms with Gasteiger partial charge < -0.3 is 21.3 Å². The van der Waals surface area contributed by atoms with Crippen LogP contribution >= 0.6 is 0 Å². The van der Waals surface area contributed by atoms with Crippen molar-refractivity contribution in [3.63, 3.8) is 0 Å². The van der Waals surface area contributed by atoms with Crippen molar-refractivity contribution >= 4 is 34.8 Å². The first-order valence-corrected chi connectivity index (χ1v) is 10.4. The fraction of sp³-hybridized carbons (Fsp3) is 0.375. The van der Waals surface area contributed by atoms with E-state index in [0.717, 1.165) is 5.69 Å². The van der Waals surface area contributed by atoms with Gasteiger partial charge in [-0.3, -0.25) is 14.4 Å². The standard InChI is InChI=1S/C24H32N4O3/c1-16(2)14-21(29)26-19-10-12-20(13-11-19)27-22(30)15-25-18-8-6-17(7-9-18)23(31)28-24(3,4)5/h6-13,16,25H,14-15H2,1-5H3,(H,26,29)(H,27,30)(H,28,31). The van der Waals surface area contributed by atoms with Crippen molar-refractivity contribution in [1.82, 2.24) is 5.32 Å². The molecule has 0 saturated carbocycles. The molecule has 0 heterocycles. The normalized spacial score (nSPS) is 11.0. The van der Waals surface area contributed by atoms with Gasteiger partial charge in [-0.15, -0.1) is 0 Å². The van der Waals surface area contributed by atoms with Crippen LogP contribution in [-0.2, 0) is 9.59 Å². The van der Waals surface area contributed by atoms with Crippen LogP contribution in [0.5, 0.6) is 0 Å². The first kappa shape index (κ1) is 23.9. The van der Waals surface area contributed by atoms with Crippen molar-refractivity contribution in [1.29, 1.82) is 0 Å². The van der Waals surface area contributed by atoms with Gasteiger partial charge >= 0.3 is 0 Å². The predicted octanol–water partition coefficient (Wildman–Crippen LogP) is 4.25. The Morgan fingerprint density at radius 1 is 0.774 bits per heavy atom. The summed E-state index contributed by atoms with van der Waals surface area (Å²) in [6.45, 7) is 9.84. The molecule has 0 radical (unpaired) electrons. The van der Waals surface area contributed by atoms with Gasteiger partial charge in [0.1, 0.15) is 0 Å². The largest absolute Gasteiger partial charge is 0.376 e. The molecule has 7 heteroatoms. The van der Waals surface area contributed by atoms with Crippen LogP contribution in [0.3, 0.4) is 0 Å². The van der Waals surface area contributed by atoms with Gasteiger partial charge in [0.2, 0.25) is 11.8 Å². The zero-order valence-corrected chi connectivity index (χ0v) is 18.8. The van der Waals surface area contributed by atoms with Gasteiger partial charge in [0, 0.05) is 34.6 Å². The van der Waals surface area contributed by atoms with E-state index < -0.39 is 0 Å². The van der Waals surface area contributed by atoms with Crippen LogP contribution in [0.15, 0.2) is 48.5 Å². The van der Waals surface area contributed by atoms with Gasteiger partial charge in [-0.05, 0) is 75.2 Å². The third-order valence-corrected chi connectivity index (χ3v) is 4.13. The Labute approximate surface area is 184 Å². The van der Waals surface area contributed by atoms with E-state index in [1.54, 1.807) is 48.5 Å². The highest BCUT2D eigenvalue weighted by Gasteiger charge is 2.15. The molecule has 3 amide bonds. The Kier molecular flexibility index (Phi) is 8.19. The van der Waals surface area contributed by atoms with Gasteiger partial charge in [-0.25, -0.2) is 0 Å². The molecule has 7 nitrogen and oxygen atoms in total. The number of hydrogen-bond acceptors (Lipinski definition) is 4. The average molecular weight is 425 g/mol. The lowest BCUT2D eigenvalue weighted by Crippen LogP contribution is -2.40. The van der Waals surface area contributed by atoms with E-state index >= 15 is 0 Å². The summed E-state index contributed by atoms with van der Waals surface area (Å²) in [5.74, 6) is -0.0763. The Bertz CT molecular complexity index is 898. The first-order valence-electron chi connectivity index (χ1n) is 10.4. The number of hydrogen-bond donors (Lipinski definition) is 4. The van der Waals surface area contributed by atoms with Gasteiger partial charge in [-0.1, -0.05) is 13.8 Å². The number of rotatable bonds is 8. The van der Waals surface area contributed by atoms with E-state index in [2.05, 4.69) is 21.3 Å². The fourth-order valence-electron chi connectivity index (χ4n) is 2.76. The number of nitrogens with one attached hydrogen (secondary N) is 4. The second kappa shape index (κ2) is 10.6. The maximum absolute atomic E-state index is 12.2. The molecule has 0 aliphatic heterocycles. The maximum Gasteiger partial charge on any atom is 0.251 e. The van der Waals surface area contributed by atoms with Crippen LogP contribution in [0, 0.1) is 5.92 Å². The minimum atomic E-state index is -0.302. The summed E-state index contributed by atoms with van der Waals surface area (Å²) in [5, 5.41) is 11.6. The molecule has 0 unspecified atom stereocenters. The van der Waals surface area contributed by atoms with Gasteiger partial charge in [0.15, 0.2) is 0 Å². The molecule has 0 atom stereocenters. The predicted molar refractivity (Wildman–Crippen MR) is 125 cm³/mol. The monoisotopic (exact) mass is 424 g/mol. The summed E-state index contributed by atoms with van der Waals surface area (Å²) in [6.07, 6.45) is 0.465. The Balaban J connectivity index is 1.81. The highest BCUT2D eigenvalue weighted by atomic mass is 16.2. The van der Waals surface area contributed by atoms with Crippen LogP contribution in [-0.4, -0.2) is 29.8 Å². The fourth-order valence-corrected chi connectivity index (χ4v) is 2.76. The van der Waals surface area contributed by atoms with E-state index in [1.165, 1.54) is 0 Å². The molecule has 4 N–H and O–H groups in total. The molecule has 2 rings (SSSR count). The van der Waals surface area contributed by atoms with E-state index in [0.29, 0.717) is 29.3 Å². The van der Waals surface area contributed by atoms with Crippen LogP contribution in [0.25, 0.3) is 0 Å². The van der Waals surface area contributed by atoms with Crippen molar-refractivity contribution in [3.05, 3.63) is 54.1 Å². The number of amides is 3. The lowest BCUT2D eigenvalue weighted by molar-refractivity contribution is -0.117. The van der Waals surface area contributed by atoms with Gasteiger partial charge in [0.05, 0.1) is 6.54 Å². The summed E-state index contributed by atoms with van der Waals surface area (Å²) in [5.41, 5.74) is 2.33. The van der Waals surface area contributed by atoms with E-state index in [1.807, 2.05) is 34.6 Å². The minimum absolute atomic E-state index is 0.0297. The highest BCUT2D eigenvalue weighted by Crippen LogP contribution is 2.15. The van der Waals surface area contributed by atoms with Crippen LogP contribution in [0.4, 0.5) is 17.1 Å². The molecular formula is C24H32N4O3. The number of anilines is 3. The topological polar surface area (TPSA) is 99.3 Å². The smallest absolute Gasteiger partial charge is 0.251 e. The summed E-state index contributed by atoms with van der Waals surface area (Å²) in [7, 11) is 0. The molecule has 2 aromatic rings. The SMILES string of the molecule is CC(C)CC(=O)Nc1ccc(NC(=O)CNc2ccc(C(=O)NC(C)(C)C)cc2)cc1. The van der Waals surface area contributed by atoms with E-state index in [9.17, 15) is 14.4 Å². The summed E-state index contributed by atoms with van der Waals surface area (Å²) in [6, 6.07) is 13.9. The van der Waals surface area contributed by atoms with Crippen molar-refractivity contribution in [2.24, 2.45) is 5.92 Å². The highest BCUT2D eigenvalue weighted by molar-refractivity contribution is 5.96. The van der Waals surface area contributed by atoms with E-state index in [-0.39, 0.29) is 29.8 Å². The third kappa shape index (κ3) is 8.90. The molecule has 31 heavy (non-hydrogen) atoms. The molecular weight excluding hydrogens is 392 g/mol. The molecule has 0 aliphatic carbocycles. The number of carbonyl (C=O) groups excluding carboxylic acids is 3. The first-order chi connectivity index (χ1) is 14.5. The Morgan fingerprint density at radius 3 is 1.74 bits per heavy atom. The summed E-state index contributed by atoms with van der Waals surface area (Å²) >= 11 is 0. The summed E-state index contributed by atoms with van der Waals surface area (Å²) in [4.78, 5) is 36.2. The molecule has 2 aromatic carbocycles. The quantitative estimate of drug-likeness (QED) is 0.509. The minimum Gasteiger partial charge on any atom is -0.376 e. The van der Waals surface area contributed by atoms with Crippen molar-refractivity contribution in [2.75, 3.05) is 22.5 Å². The second-order valence-electron chi connectivity index (χ2n) is 8.91. The van der Waals surface area contributed by atoms with Crippen LogP contribution in [0.2, 0.25) is 0 Å². The average Bonchev–Trinajstić information content (AvgIpc) is 2.66. The second-order valence-corrected chi connectivity index (χ2v) is 8.91. The molecule has 166 valence electrons. The molecule has 0 saturated heterocycles. The van der Waals surface area contributed by atoms with Gasteiger partial charge in [-0.2, -0.15) is 0 Å². The molecule has 0 spiro atoms. The summed E-state index contributed by atoms with van der Waals surface area (Å²) < 4.78 is 0. The zero-order valence-electron chi connectivity index (χ0n) is 18.8. The van der Waals surface area contributed by atoms with E-state index in [4.69, 9.17) is 0 Å². The zero-order chi connectivity index (χ0) is 23.0. The Morgan fingerprint density at radius 2 is 1.26 bits per heavy atom.